The topological polar surface area (TPSA) is 111 Å². The maximum atomic E-state index is 13.9. The van der Waals surface area contributed by atoms with Crippen molar-refractivity contribution in [2.75, 3.05) is 7.11 Å². The number of fused-ring (bicyclic) bond motifs is 3. The van der Waals surface area contributed by atoms with E-state index in [0.717, 1.165) is 27.6 Å². The van der Waals surface area contributed by atoms with Gasteiger partial charge in [-0.2, -0.15) is 5.10 Å². The van der Waals surface area contributed by atoms with Crippen LogP contribution in [0.3, 0.4) is 0 Å². The van der Waals surface area contributed by atoms with Gasteiger partial charge in [0.25, 0.3) is 11.5 Å². The second-order valence-electron chi connectivity index (χ2n) is 11.6. The summed E-state index contributed by atoms with van der Waals surface area (Å²) >= 11 is 0. The van der Waals surface area contributed by atoms with Gasteiger partial charge in [0.1, 0.15) is 22.6 Å². The smallest absolute Gasteiger partial charge is 0.274 e. The number of methoxy groups -OCH3 is 1. The Balaban J connectivity index is 1.42. The first-order chi connectivity index (χ1) is 19.5. The summed E-state index contributed by atoms with van der Waals surface area (Å²) in [6, 6.07) is 13.2. The van der Waals surface area contributed by atoms with E-state index in [-0.39, 0.29) is 29.1 Å². The first-order valence-corrected chi connectivity index (χ1v) is 13.7. The van der Waals surface area contributed by atoms with E-state index in [1.165, 1.54) is 4.52 Å². The molecule has 0 radical (unpaired) electrons. The van der Waals surface area contributed by atoms with Crippen LogP contribution in [-0.2, 0) is 0 Å². The Morgan fingerprint density at radius 1 is 1.22 bits per heavy atom. The van der Waals surface area contributed by atoms with E-state index in [2.05, 4.69) is 20.4 Å². The van der Waals surface area contributed by atoms with Gasteiger partial charge in [-0.05, 0) is 62.6 Å². The number of hydrogen-bond donors (Lipinski definition) is 2. The van der Waals surface area contributed by atoms with E-state index in [0.29, 0.717) is 34.7 Å². The zero-order valence-electron chi connectivity index (χ0n) is 24.0. The number of nitrogens with zero attached hydrogens (tertiary/aromatic N) is 3. The number of hydrogen-bond acceptors (Lipinski definition) is 6. The van der Waals surface area contributed by atoms with Gasteiger partial charge in [0.05, 0.1) is 30.6 Å². The first-order valence-electron chi connectivity index (χ1n) is 13.7. The van der Waals surface area contributed by atoms with Crippen molar-refractivity contribution in [3.8, 4) is 22.8 Å². The molecule has 41 heavy (non-hydrogen) atoms. The Kier molecular flexibility index (Phi) is 6.32. The highest BCUT2D eigenvalue weighted by Gasteiger charge is 2.36. The Labute approximate surface area is 237 Å². The summed E-state index contributed by atoms with van der Waals surface area (Å²) in [5, 5.41) is 8.84. The lowest BCUT2D eigenvalue weighted by atomic mass is 9.89. The third-order valence-corrected chi connectivity index (χ3v) is 7.69. The number of amides is 1. The number of ether oxygens (including phenoxy) is 2. The molecule has 0 bridgehead atoms. The van der Waals surface area contributed by atoms with E-state index < -0.39 is 5.60 Å². The van der Waals surface area contributed by atoms with E-state index >= 15 is 0 Å². The largest absolute Gasteiger partial charge is 0.497 e. The lowest BCUT2D eigenvalue weighted by Gasteiger charge is -2.38. The highest BCUT2D eigenvalue weighted by Crippen LogP contribution is 2.41. The van der Waals surface area contributed by atoms with E-state index in [1.54, 1.807) is 19.5 Å². The van der Waals surface area contributed by atoms with Crippen LogP contribution >= 0.6 is 0 Å². The molecule has 0 aliphatic carbocycles. The Bertz CT molecular complexity index is 1890. The SMILES string of the molecule is COc1ccc2c(c1)C(NC(=O)c1nn3cc(-c4cnc5cccc(C)c5c4)[nH]c(=O)c3c1C(C)C)CC(C)(C)O2. The number of carbonyl (C=O) groups excluding carboxylic acids is 1. The van der Waals surface area contributed by atoms with Crippen LogP contribution in [0.4, 0.5) is 0 Å². The third-order valence-electron chi connectivity index (χ3n) is 7.69. The van der Waals surface area contributed by atoms with Gasteiger partial charge >= 0.3 is 0 Å². The molecule has 9 nitrogen and oxygen atoms in total. The molecule has 2 N–H and O–H groups in total. The molecule has 210 valence electrons. The van der Waals surface area contributed by atoms with Crippen molar-refractivity contribution >= 4 is 22.3 Å². The molecule has 6 rings (SSSR count). The summed E-state index contributed by atoms with van der Waals surface area (Å²) in [5.41, 5.74) is 4.51. The fourth-order valence-corrected chi connectivity index (χ4v) is 5.72. The number of aromatic nitrogens is 4. The molecule has 0 saturated heterocycles. The maximum Gasteiger partial charge on any atom is 0.274 e. The molecule has 1 unspecified atom stereocenters. The Morgan fingerprint density at radius 3 is 2.78 bits per heavy atom. The molecule has 3 aromatic heterocycles. The summed E-state index contributed by atoms with van der Waals surface area (Å²) in [6.45, 7) is 9.92. The quantitative estimate of drug-likeness (QED) is 0.290. The van der Waals surface area contributed by atoms with Crippen LogP contribution in [0.5, 0.6) is 11.5 Å². The number of H-pyrrole nitrogens is 1. The molecule has 9 heteroatoms. The summed E-state index contributed by atoms with van der Waals surface area (Å²) in [4.78, 5) is 34.9. The van der Waals surface area contributed by atoms with Crippen LogP contribution in [0.1, 0.15) is 73.3 Å². The lowest BCUT2D eigenvalue weighted by molar-refractivity contribution is 0.0616. The van der Waals surface area contributed by atoms with Gasteiger partial charge in [0.2, 0.25) is 0 Å². The average Bonchev–Trinajstić information content (AvgIpc) is 3.33. The molecule has 1 amide bonds. The maximum absolute atomic E-state index is 13.9. The molecule has 2 aromatic carbocycles. The average molecular weight is 552 g/mol. The van der Waals surface area contributed by atoms with Crippen molar-refractivity contribution < 1.29 is 14.3 Å². The Morgan fingerprint density at radius 2 is 2.02 bits per heavy atom. The van der Waals surface area contributed by atoms with Gasteiger partial charge in [-0.1, -0.05) is 26.0 Å². The summed E-state index contributed by atoms with van der Waals surface area (Å²) in [6.07, 6.45) is 4.04. The summed E-state index contributed by atoms with van der Waals surface area (Å²) < 4.78 is 13.1. The van der Waals surface area contributed by atoms with Crippen molar-refractivity contribution in [3.63, 3.8) is 0 Å². The summed E-state index contributed by atoms with van der Waals surface area (Å²) in [7, 11) is 1.61. The van der Waals surface area contributed by atoms with Crippen LogP contribution in [0.25, 0.3) is 27.7 Å². The van der Waals surface area contributed by atoms with Gasteiger partial charge in [-0.3, -0.25) is 14.6 Å². The number of aryl methyl sites for hydroxylation is 1. The van der Waals surface area contributed by atoms with Crippen LogP contribution in [0.15, 0.2) is 59.7 Å². The molecule has 1 aliphatic rings. The van der Waals surface area contributed by atoms with Crippen LogP contribution in [0.2, 0.25) is 0 Å². The molecule has 0 fully saturated rings. The first kappa shape index (κ1) is 26.6. The predicted octanol–water partition coefficient (Wildman–Crippen LogP) is 5.71. The normalized spacial score (nSPS) is 16.0. The second kappa shape index (κ2) is 9.76. The lowest BCUT2D eigenvalue weighted by Crippen LogP contribution is -2.41. The summed E-state index contributed by atoms with van der Waals surface area (Å²) in [5.74, 6) is 0.910. The van der Waals surface area contributed by atoms with Gasteiger partial charge in [0, 0.05) is 34.7 Å². The zero-order valence-corrected chi connectivity index (χ0v) is 24.0. The minimum absolute atomic E-state index is 0.122. The standard InChI is InChI=1S/C32H33N5O4/c1-17(2)27-28(30(38)34-24-14-32(4,5)41-26-11-10-20(40-6)13-22(24)26)36-37-16-25(35-31(39)29(27)37)19-12-21-18(3)8-7-9-23(21)33-15-19/h7-13,15-17,24H,14H2,1-6H3,(H,34,38)(H,35,39). The van der Waals surface area contributed by atoms with Crippen molar-refractivity contribution in [1.82, 2.24) is 24.9 Å². The van der Waals surface area contributed by atoms with E-state index in [4.69, 9.17) is 9.47 Å². The minimum Gasteiger partial charge on any atom is -0.497 e. The highest BCUT2D eigenvalue weighted by atomic mass is 16.5. The zero-order chi connectivity index (χ0) is 29.1. The van der Waals surface area contributed by atoms with E-state index in [9.17, 15) is 9.59 Å². The fraction of sp³-hybridized carbons (Fsp3) is 0.312. The molecular formula is C32H33N5O4. The molecule has 0 spiro atoms. The Hall–Kier alpha value is -4.66. The minimum atomic E-state index is -0.488. The second-order valence-corrected chi connectivity index (χ2v) is 11.6. The van der Waals surface area contributed by atoms with Gasteiger partial charge < -0.3 is 19.8 Å². The number of nitrogens with one attached hydrogen (secondary N) is 2. The van der Waals surface area contributed by atoms with Crippen molar-refractivity contribution in [2.24, 2.45) is 0 Å². The fourth-order valence-electron chi connectivity index (χ4n) is 5.72. The van der Waals surface area contributed by atoms with Crippen molar-refractivity contribution in [3.05, 3.63) is 87.6 Å². The van der Waals surface area contributed by atoms with Crippen LogP contribution in [0, 0.1) is 6.92 Å². The highest BCUT2D eigenvalue weighted by molar-refractivity contribution is 5.96. The number of carbonyl (C=O) groups is 1. The number of benzene rings is 2. The molecule has 0 saturated carbocycles. The van der Waals surface area contributed by atoms with Crippen LogP contribution < -0.4 is 20.3 Å². The number of pyridine rings is 1. The number of aromatic amines is 1. The molecule has 5 aromatic rings. The molecule has 4 heterocycles. The third kappa shape index (κ3) is 4.71. The van der Waals surface area contributed by atoms with Gasteiger partial charge in [-0.25, -0.2) is 4.52 Å². The number of rotatable bonds is 5. The van der Waals surface area contributed by atoms with Crippen molar-refractivity contribution in [2.45, 2.75) is 58.6 Å². The predicted molar refractivity (Wildman–Crippen MR) is 158 cm³/mol. The van der Waals surface area contributed by atoms with Crippen LogP contribution in [-0.4, -0.2) is 38.2 Å². The molecular weight excluding hydrogens is 518 g/mol. The monoisotopic (exact) mass is 551 g/mol. The van der Waals surface area contributed by atoms with E-state index in [1.807, 2.05) is 77.1 Å². The van der Waals surface area contributed by atoms with Gasteiger partial charge in [0.15, 0.2) is 5.69 Å². The van der Waals surface area contributed by atoms with Gasteiger partial charge in [-0.15, -0.1) is 0 Å². The molecule has 1 aliphatic heterocycles. The molecule has 1 atom stereocenters. The van der Waals surface area contributed by atoms with Crippen molar-refractivity contribution in [1.29, 1.82) is 0 Å².